The molecule has 0 bridgehead atoms. The second-order valence-corrected chi connectivity index (χ2v) is 6.87. The number of hydrogen-bond acceptors (Lipinski definition) is 4. The van der Waals surface area contributed by atoms with Gasteiger partial charge in [-0.05, 0) is 42.0 Å². The van der Waals surface area contributed by atoms with Gasteiger partial charge in [0.15, 0.2) is 0 Å². The second-order valence-electron chi connectivity index (χ2n) is 5.89. The molecule has 1 atom stereocenters. The van der Waals surface area contributed by atoms with Crippen molar-refractivity contribution < 1.29 is 14.3 Å². The van der Waals surface area contributed by atoms with Crippen LogP contribution < -0.4 is 5.32 Å². The maximum absolute atomic E-state index is 12.9. The molecule has 0 aliphatic heterocycles. The standard InChI is InChI=1S/C21H25NO3S/c1-3-14-25-21(24)19(13-15-26-2)22-20(23)18-12-8-7-11-17(18)16-9-5-4-6-10-16/h4-12,19H,3,13-15H2,1-2H3,(H,22,23)/t19-/m0/s1. The van der Waals surface area contributed by atoms with Crippen molar-refractivity contribution in [2.24, 2.45) is 0 Å². The van der Waals surface area contributed by atoms with Gasteiger partial charge in [-0.15, -0.1) is 0 Å². The Morgan fingerprint density at radius 2 is 1.77 bits per heavy atom. The molecule has 1 amide bonds. The lowest BCUT2D eigenvalue weighted by Crippen LogP contribution is -2.42. The number of carbonyl (C=O) groups excluding carboxylic acids is 2. The maximum atomic E-state index is 12.9. The Bertz CT molecular complexity index is 718. The number of esters is 1. The zero-order valence-corrected chi connectivity index (χ0v) is 16.1. The van der Waals surface area contributed by atoms with E-state index in [4.69, 9.17) is 4.74 Å². The fourth-order valence-electron chi connectivity index (χ4n) is 2.57. The number of rotatable bonds is 9. The van der Waals surface area contributed by atoms with E-state index in [9.17, 15) is 9.59 Å². The summed E-state index contributed by atoms with van der Waals surface area (Å²) in [5.74, 6) is 0.141. The van der Waals surface area contributed by atoms with Gasteiger partial charge in [-0.1, -0.05) is 55.5 Å². The molecule has 2 aromatic carbocycles. The number of ether oxygens (including phenoxy) is 1. The minimum Gasteiger partial charge on any atom is -0.464 e. The summed E-state index contributed by atoms with van der Waals surface area (Å²) in [6.45, 7) is 2.31. The molecule has 0 spiro atoms. The van der Waals surface area contributed by atoms with Gasteiger partial charge in [0.1, 0.15) is 6.04 Å². The van der Waals surface area contributed by atoms with Crippen molar-refractivity contribution in [1.29, 1.82) is 0 Å². The summed E-state index contributed by atoms with van der Waals surface area (Å²) in [5, 5.41) is 2.86. The molecule has 0 aromatic heterocycles. The molecule has 26 heavy (non-hydrogen) atoms. The van der Waals surface area contributed by atoms with E-state index < -0.39 is 6.04 Å². The van der Waals surface area contributed by atoms with Crippen LogP contribution in [0.3, 0.4) is 0 Å². The van der Waals surface area contributed by atoms with Crippen molar-refractivity contribution in [2.75, 3.05) is 18.6 Å². The van der Waals surface area contributed by atoms with Gasteiger partial charge in [0.05, 0.1) is 6.61 Å². The minimum atomic E-state index is -0.634. The van der Waals surface area contributed by atoms with Gasteiger partial charge in [-0.2, -0.15) is 11.8 Å². The molecule has 0 saturated carbocycles. The highest BCUT2D eigenvalue weighted by Gasteiger charge is 2.23. The van der Waals surface area contributed by atoms with Crippen LogP contribution >= 0.6 is 11.8 Å². The number of hydrogen-bond donors (Lipinski definition) is 1. The summed E-state index contributed by atoms with van der Waals surface area (Å²) in [6, 6.07) is 16.5. The van der Waals surface area contributed by atoms with E-state index in [0.717, 1.165) is 23.3 Å². The summed E-state index contributed by atoms with van der Waals surface area (Å²) < 4.78 is 5.24. The lowest BCUT2D eigenvalue weighted by atomic mass is 9.99. The normalized spacial score (nSPS) is 11.6. The van der Waals surface area contributed by atoms with Crippen molar-refractivity contribution in [3.05, 3.63) is 60.2 Å². The van der Waals surface area contributed by atoms with Crippen LogP contribution in [0.1, 0.15) is 30.1 Å². The van der Waals surface area contributed by atoms with Gasteiger partial charge in [0.2, 0.25) is 0 Å². The Morgan fingerprint density at radius 3 is 2.46 bits per heavy atom. The van der Waals surface area contributed by atoms with E-state index in [1.165, 1.54) is 0 Å². The van der Waals surface area contributed by atoms with Crippen molar-refractivity contribution in [2.45, 2.75) is 25.8 Å². The lowest BCUT2D eigenvalue weighted by Gasteiger charge is -2.18. The predicted molar refractivity (Wildman–Crippen MR) is 107 cm³/mol. The summed E-state index contributed by atoms with van der Waals surface area (Å²) in [5.41, 5.74) is 2.36. The Morgan fingerprint density at radius 1 is 1.08 bits per heavy atom. The second kappa shape index (κ2) is 10.7. The van der Waals surface area contributed by atoms with Gasteiger partial charge >= 0.3 is 5.97 Å². The first-order chi connectivity index (χ1) is 12.7. The number of amides is 1. The minimum absolute atomic E-state index is 0.260. The summed E-state index contributed by atoms with van der Waals surface area (Å²) >= 11 is 1.64. The van der Waals surface area contributed by atoms with Gasteiger partial charge < -0.3 is 10.1 Å². The van der Waals surface area contributed by atoms with Gasteiger partial charge in [0, 0.05) is 5.56 Å². The third-order valence-electron chi connectivity index (χ3n) is 3.91. The number of benzene rings is 2. The molecule has 0 radical (unpaired) electrons. The first-order valence-corrected chi connectivity index (χ1v) is 10.2. The Balaban J connectivity index is 2.20. The molecule has 0 unspecified atom stereocenters. The van der Waals surface area contributed by atoms with Crippen molar-refractivity contribution in [1.82, 2.24) is 5.32 Å². The highest BCUT2D eigenvalue weighted by molar-refractivity contribution is 7.98. The van der Waals surface area contributed by atoms with E-state index >= 15 is 0 Å². The monoisotopic (exact) mass is 371 g/mol. The molecule has 0 aliphatic carbocycles. The number of thioether (sulfide) groups is 1. The van der Waals surface area contributed by atoms with Gasteiger partial charge in [-0.3, -0.25) is 4.79 Å². The lowest BCUT2D eigenvalue weighted by molar-refractivity contribution is -0.146. The molecular weight excluding hydrogens is 346 g/mol. The first kappa shape index (κ1) is 20.0. The molecule has 2 aromatic rings. The molecule has 138 valence electrons. The van der Waals surface area contributed by atoms with Crippen molar-refractivity contribution >= 4 is 23.6 Å². The van der Waals surface area contributed by atoms with E-state index in [-0.39, 0.29) is 11.9 Å². The fraction of sp³-hybridized carbons (Fsp3) is 0.333. The van der Waals surface area contributed by atoms with Crippen LogP contribution in [0.15, 0.2) is 54.6 Å². The zero-order chi connectivity index (χ0) is 18.8. The van der Waals surface area contributed by atoms with Crippen LogP contribution in [0.25, 0.3) is 11.1 Å². The Labute approximate surface area is 159 Å². The van der Waals surface area contributed by atoms with E-state index in [1.54, 1.807) is 17.8 Å². The highest BCUT2D eigenvalue weighted by atomic mass is 32.2. The first-order valence-electron chi connectivity index (χ1n) is 8.78. The Hall–Kier alpha value is -2.27. The largest absolute Gasteiger partial charge is 0.464 e. The van der Waals surface area contributed by atoms with Crippen LogP contribution in [0.4, 0.5) is 0 Å². The van der Waals surface area contributed by atoms with Crippen LogP contribution in [0.2, 0.25) is 0 Å². The highest BCUT2D eigenvalue weighted by Crippen LogP contribution is 2.23. The third-order valence-corrected chi connectivity index (χ3v) is 4.55. The third kappa shape index (κ3) is 5.63. The zero-order valence-electron chi connectivity index (χ0n) is 15.2. The maximum Gasteiger partial charge on any atom is 0.328 e. The summed E-state index contributed by atoms with van der Waals surface area (Å²) in [7, 11) is 0. The summed E-state index contributed by atoms with van der Waals surface area (Å²) in [4.78, 5) is 25.1. The van der Waals surface area contributed by atoms with Crippen molar-refractivity contribution in [3.63, 3.8) is 0 Å². The fourth-order valence-corrected chi connectivity index (χ4v) is 3.05. The average Bonchev–Trinajstić information content (AvgIpc) is 2.69. The average molecular weight is 372 g/mol. The Kier molecular flexibility index (Phi) is 8.22. The molecule has 0 heterocycles. The van der Waals surface area contributed by atoms with Crippen LogP contribution in [-0.4, -0.2) is 36.5 Å². The van der Waals surface area contributed by atoms with Crippen molar-refractivity contribution in [3.8, 4) is 11.1 Å². The molecular formula is C21H25NO3S. The van der Waals surface area contributed by atoms with Crippen LogP contribution in [0, 0.1) is 0 Å². The molecule has 5 heteroatoms. The topological polar surface area (TPSA) is 55.4 Å². The number of carbonyl (C=O) groups is 2. The quantitative estimate of drug-likeness (QED) is 0.673. The van der Waals surface area contributed by atoms with Crippen LogP contribution in [-0.2, 0) is 9.53 Å². The molecule has 4 nitrogen and oxygen atoms in total. The molecule has 2 rings (SSSR count). The molecule has 0 saturated heterocycles. The SMILES string of the molecule is CCCOC(=O)[C@H](CCSC)NC(=O)c1ccccc1-c1ccccc1. The smallest absolute Gasteiger partial charge is 0.328 e. The van der Waals surface area contributed by atoms with Crippen LogP contribution in [0.5, 0.6) is 0 Å². The van der Waals surface area contributed by atoms with E-state index in [0.29, 0.717) is 18.6 Å². The molecule has 0 fully saturated rings. The van der Waals surface area contributed by atoms with Gasteiger partial charge in [0.25, 0.3) is 5.91 Å². The predicted octanol–water partition coefficient (Wildman–Crippen LogP) is 4.16. The van der Waals surface area contributed by atoms with E-state index in [1.807, 2.05) is 61.7 Å². The molecule has 1 N–H and O–H groups in total. The van der Waals surface area contributed by atoms with E-state index in [2.05, 4.69) is 5.32 Å². The summed E-state index contributed by atoms with van der Waals surface area (Å²) in [6.07, 6.45) is 3.27. The number of nitrogens with one attached hydrogen (secondary N) is 1. The molecule has 0 aliphatic rings. The van der Waals surface area contributed by atoms with Gasteiger partial charge in [-0.25, -0.2) is 4.79 Å².